The van der Waals surface area contributed by atoms with Crippen LogP contribution in [-0.2, 0) is 9.53 Å². The molecule has 2 N–H and O–H groups in total. The van der Waals surface area contributed by atoms with E-state index in [0.717, 1.165) is 11.4 Å². The van der Waals surface area contributed by atoms with Crippen LogP contribution in [0.5, 0.6) is 0 Å². The molecule has 1 saturated heterocycles. The summed E-state index contributed by atoms with van der Waals surface area (Å²) in [5, 5.41) is 7.72. The molecule has 6 heteroatoms. The average Bonchev–Trinajstić information content (AvgIpc) is 2.59. The topological polar surface area (TPSA) is 66.0 Å². The van der Waals surface area contributed by atoms with Gasteiger partial charge in [-0.25, -0.2) is 0 Å². The highest BCUT2D eigenvalue weighted by Gasteiger charge is 2.19. The van der Waals surface area contributed by atoms with Crippen LogP contribution >= 0.6 is 0 Å². The van der Waals surface area contributed by atoms with Crippen LogP contribution in [0.15, 0.2) is 47.1 Å². The number of rotatable bonds is 4. The molecule has 1 fully saturated rings. The number of nitrogens with zero attached hydrogens (tertiary/aromatic N) is 2. The zero-order valence-corrected chi connectivity index (χ0v) is 13.3. The van der Waals surface area contributed by atoms with E-state index in [2.05, 4.69) is 34.1 Å². The van der Waals surface area contributed by atoms with Gasteiger partial charge in [0.15, 0.2) is 0 Å². The summed E-state index contributed by atoms with van der Waals surface area (Å²) in [5.74, 6) is 0.885. The zero-order chi connectivity index (χ0) is 16.1. The Kier molecular flexibility index (Phi) is 4.92. The van der Waals surface area contributed by atoms with Crippen molar-refractivity contribution >= 4 is 11.7 Å². The minimum Gasteiger partial charge on any atom is -0.370 e. The third-order valence-electron chi connectivity index (χ3n) is 4.02. The Labute approximate surface area is 136 Å². The molecule has 1 amide bonds. The van der Waals surface area contributed by atoms with Crippen molar-refractivity contribution in [2.45, 2.75) is 13.0 Å². The van der Waals surface area contributed by atoms with Crippen molar-refractivity contribution in [3.63, 3.8) is 0 Å². The van der Waals surface area contributed by atoms with Crippen molar-refractivity contribution in [2.75, 3.05) is 32.8 Å². The molecule has 0 aromatic heterocycles. The molecule has 2 aliphatic rings. The summed E-state index contributed by atoms with van der Waals surface area (Å²) in [7, 11) is 0. The second-order valence-electron chi connectivity index (χ2n) is 5.69. The van der Waals surface area contributed by atoms with E-state index in [0.29, 0.717) is 26.2 Å². The van der Waals surface area contributed by atoms with Crippen molar-refractivity contribution in [1.82, 2.24) is 15.6 Å². The number of hydrogen-bond donors (Lipinski definition) is 2. The van der Waals surface area contributed by atoms with Gasteiger partial charge in [-0.15, -0.1) is 0 Å². The van der Waals surface area contributed by atoms with Crippen LogP contribution in [0.2, 0.25) is 0 Å². The van der Waals surface area contributed by atoms with E-state index in [4.69, 9.17) is 4.74 Å². The second-order valence-corrected chi connectivity index (χ2v) is 5.69. The molecular formula is C17H22N4O2. The summed E-state index contributed by atoms with van der Waals surface area (Å²) in [5.41, 5.74) is 5.45. The second kappa shape index (κ2) is 7.28. The number of benzene rings is 1. The first-order chi connectivity index (χ1) is 11.2. The first-order valence-corrected chi connectivity index (χ1v) is 7.90. The fourth-order valence-corrected chi connectivity index (χ4v) is 2.69. The lowest BCUT2D eigenvalue weighted by atomic mass is 10.0. The number of carbonyl (C=O) groups excluding carboxylic acids is 1. The molecule has 23 heavy (non-hydrogen) atoms. The Bertz CT molecular complexity index is 612. The minimum atomic E-state index is 0.0539. The Morgan fingerprint density at radius 3 is 2.96 bits per heavy atom. The van der Waals surface area contributed by atoms with Crippen LogP contribution in [0.4, 0.5) is 0 Å². The standard InChI is InChI=1S/C17H22N4O2/c1-13-11-15(14-5-3-2-4-6-14)19-20-17(13)18-7-8-21-9-10-23-12-16(21)22/h2-6,11,15,19H,7-10,12H2,1H3,(H,18,20). The summed E-state index contributed by atoms with van der Waals surface area (Å²) >= 11 is 0. The fraction of sp³-hybridized carbons (Fsp3) is 0.412. The Hall–Kier alpha value is -2.34. The molecule has 0 bridgehead atoms. The van der Waals surface area contributed by atoms with Crippen molar-refractivity contribution in [2.24, 2.45) is 5.10 Å². The molecule has 0 aliphatic carbocycles. The molecule has 0 radical (unpaired) electrons. The molecular weight excluding hydrogens is 292 g/mol. The van der Waals surface area contributed by atoms with E-state index in [1.165, 1.54) is 5.56 Å². The third-order valence-corrected chi connectivity index (χ3v) is 4.02. The number of amidine groups is 1. The predicted molar refractivity (Wildman–Crippen MR) is 88.9 cm³/mol. The van der Waals surface area contributed by atoms with Gasteiger partial charge in [0.25, 0.3) is 0 Å². The van der Waals surface area contributed by atoms with Gasteiger partial charge in [0, 0.05) is 19.6 Å². The van der Waals surface area contributed by atoms with E-state index in [9.17, 15) is 4.79 Å². The van der Waals surface area contributed by atoms with E-state index in [1.807, 2.05) is 30.0 Å². The normalized spacial score (nSPS) is 21.3. The maximum Gasteiger partial charge on any atom is 0.248 e. The van der Waals surface area contributed by atoms with Crippen LogP contribution in [0, 0.1) is 0 Å². The third kappa shape index (κ3) is 3.90. The van der Waals surface area contributed by atoms with Gasteiger partial charge < -0.3 is 15.0 Å². The molecule has 1 aromatic carbocycles. The number of amides is 1. The van der Waals surface area contributed by atoms with Crippen LogP contribution in [0.3, 0.4) is 0 Å². The van der Waals surface area contributed by atoms with Crippen molar-refractivity contribution in [1.29, 1.82) is 0 Å². The zero-order valence-electron chi connectivity index (χ0n) is 13.3. The van der Waals surface area contributed by atoms with Gasteiger partial charge in [-0.2, -0.15) is 5.10 Å². The Morgan fingerprint density at radius 2 is 2.22 bits per heavy atom. The quantitative estimate of drug-likeness (QED) is 0.871. The molecule has 0 spiro atoms. The Balaban J connectivity index is 1.51. The van der Waals surface area contributed by atoms with Crippen molar-refractivity contribution in [3.05, 3.63) is 47.5 Å². The van der Waals surface area contributed by atoms with E-state index in [1.54, 1.807) is 0 Å². The SMILES string of the molecule is CC1=CC(c2ccccc2)NN=C1NCCN1CCOCC1=O. The number of carbonyl (C=O) groups is 1. The minimum absolute atomic E-state index is 0.0539. The molecule has 1 aromatic rings. The number of ether oxygens (including phenoxy) is 1. The molecule has 0 saturated carbocycles. The molecule has 1 unspecified atom stereocenters. The maximum absolute atomic E-state index is 11.7. The van der Waals surface area contributed by atoms with Gasteiger partial charge in [-0.3, -0.25) is 10.2 Å². The predicted octanol–water partition coefficient (Wildman–Crippen LogP) is 1.04. The maximum atomic E-state index is 11.7. The van der Waals surface area contributed by atoms with Gasteiger partial charge in [0.1, 0.15) is 12.4 Å². The van der Waals surface area contributed by atoms with Gasteiger partial charge in [-0.1, -0.05) is 30.3 Å². The molecule has 2 heterocycles. The summed E-state index contributed by atoms with van der Waals surface area (Å²) < 4.78 is 5.12. The first kappa shape index (κ1) is 15.6. The number of morpholine rings is 1. The monoisotopic (exact) mass is 314 g/mol. The highest BCUT2D eigenvalue weighted by Crippen LogP contribution is 2.19. The lowest BCUT2D eigenvalue weighted by molar-refractivity contribution is -0.142. The summed E-state index contributed by atoms with van der Waals surface area (Å²) in [6.07, 6.45) is 2.16. The van der Waals surface area contributed by atoms with Gasteiger partial charge in [0.05, 0.1) is 12.6 Å². The van der Waals surface area contributed by atoms with E-state index < -0.39 is 0 Å². The van der Waals surface area contributed by atoms with E-state index in [-0.39, 0.29) is 18.6 Å². The van der Waals surface area contributed by atoms with Gasteiger partial charge in [0.2, 0.25) is 5.91 Å². The van der Waals surface area contributed by atoms with Crippen molar-refractivity contribution in [3.8, 4) is 0 Å². The van der Waals surface area contributed by atoms with Crippen LogP contribution in [0.1, 0.15) is 18.5 Å². The molecule has 1 atom stereocenters. The Morgan fingerprint density at radius 1 is 1.39 bits per heavy atom. The molecule has 122 valence electrons. The fourth-order valence-electron chi connectivity index (χ4n) is 2.69. The summed E-state index contributed by atoms with van der Waals surface area (Å²) in [6.45, 7) is 4.86. The number of hydrazone groups is 1. The lowest BCUT2D eigenvalue weighted by Crippen LogP contribution is -2.45. The van der Waals surface area contributed by atoms with Crippen LogP contribution in [-0.4, -0.2) is 49.5 Å². The lowest BCUT2D eigenvalue weighted by Gasteiger charge is -2.27. The number of hydrogen-bond acceptors (Lipinski definition) is 5. The van der Waals surface area contributed by atoms with Crippen LogP contribution in [0.25, 0.3) is 0 Å². The highest BCUT2D eigenvalue weighted by molar-refractivity contribution is 5.98. The smallest absolute Gasteiger partial charge is 0.248 e. The molecule has 6 nitrogen and oxygen atoms in total. The largest absolute Gasteiger partial charge is 0.370 e. The van der Waals surface area contributed by atoms with Crippen LogP contribution < -0.4 is 10.7 Å². The highest BCUT2D eigenvalue weighted by atomic mass is 16.5. The van der Waals surface area contributed by atoms with Gasteiger partial charge in [-0.05, 0) is 24.1 Å². The average molecular weight is 314 g/mol. The molecule has 3 rings (SSSR count). The summed E-state index contributed by atoms with van der Waals surface area (Å²) in [4.78, 5) is 13.5. The molecule has 2 aliphatic heterocycles. The van der Waals surface area contributed by atoms with Crippen molar-refractivity contribution < 1.29 is 9.53 Å². The van der Waals surface area contributed by atoms with Gasteiger partial charge >= 0.3 is 0 Å². The van der Waals surface area contributed by atoms with E-state index >= 15 is 0 Å². The summed E-state index contributed by atoms with van der Waals surface area (Å²) in [6, 6.07) is 10.3. The number of nitrogens with one attached hydrogen (secondary N) is 2. The first-order valence-electron chi connectivity index (χ1n) is 7.90.